The first-order valence-electron chi connectivity index (χ1n) is 9.39. The lowest BCUT2D eigenvalue weighted by Crippen LogP contribution is -2.39. The van der Waals surface area contributed by atoms with E-state index in [9.17, 15) is 0 Å². The van der Waals surface area contributed by atoms with E-state index in [4.69, 9.17) is 9.47 Å². The van der Waals surface area contributed by atoms with Crippen LogP contribution in [0.25, 0.3) is 11.0 Å². The quantitative estimate of drug-likeness (QED) is 0.219. The predicted octanol–water partition coefficient (Wildman–Crippen LogP) is 2.33. The molecule has 1 atom stereocenters. The molecule has 27 heavy (non-hydrogen) atoms. The first-order chi connectivity index (χ1) is 12.8. The molecule has 3 N–H and O–H groups in total. The maximum atomic E-state index is 5.71. The fraction of sp³-hybridized carbons (Fsp3) is 0.579. The van der Waals surface area contributed by atoms with Crippen LogP contribution in [0.15, 0.2) is 29.3 Å². The molecule has 3 rings (SSSR count). The monoisotopic (exact) mass is 487 g/mol. The minimum absolute atomic E-state index is 0. The van der Waals surface area contributed by atoms with Gasteiger partial charge in [0.05, 0.1) is 24.2 Å². The van der Waals surface area contributed by atoms with E-state index in [0.717, 1.165) is 81.6 Å². The molecule has 0 bridgehead atoms. The lowest BCUT2D eigenvalue weighted by atomic mass is 10.1. The maximum Gasteiger partial charge on any atom is 0.190 e. The highest BCUT2D eigenvalue weighted by Gasteiger charge is 2.15. The van der Waals surface area contributed by atoms with Gasteiger partial charge in [-0.2, -0.15) is 0 Å². The van der Waals surface area contributed by atoms with Crippen LogP contribution in [0.3, 0.4) is 0 Å². The number of rotatable bonds is 9. The first kappa shape index (κ1) is 21.9. The number of aromatic nitrogens is 2. The number of benzene rings is 1. The lowest BCUT2D eigenvalue weighted by Gasteiger charge is -2.12. The van der Waals surface area contributed by atoms with E-state index in [-0.39, 0.29) is 24.0 Å². The highest BCUT2D eigenvalue weighted by molar-refractivity contribution is 14.0. The predicted molar refractivity (Wildman–Crippen MR) is 119 cm³/mol. The van der Waals surface area contributed by atoms with E-state index in [1.165, 1.54) is 0 Å². The molecule has 1 unspecified atom stereocenters. The van der Waals surface area contributed by atoms with Gasteiger partial charge in [-0.05, 0) is 25.0 Å². The number of H-pyrrole nitrogens is 1. The van der Waals surface area contributed by atoms with Crippen molar-refractivity contribution in [3.8, 4) is 0 Å². The van der Waals surface area contributed by atoms with Crippen LogP contribution in [0.1, 0.15) is 18.7 Å². The Labute approximate surface area is 177 Å². The summed E-state index contributed by atoms with van der Waals surface area (Å²) in [5.41, 5.74) is 2.09. The van der Waals surface area contributed by atoms with E-state index in [1.54, 1.807) is 7.05 Å². The van der Waals surface area contributed by atoms with Crippen molar-refractivity contribution in [3.63, 3.8) is 0 Å². The second-order valence-electron chi connectivity index (χ2n) is 6.53. The van der Waals surface area contributed by atoms with E-state index in [0.29, 0.717) is 5.92 Å². The molecular weight excluding hydrogens is 457 g/mol. The second-order valence-corrected chi connectivity index (χ2v) is 6.53. The van der Waals surface area contributed by atoms with Crippen molar-refractivity contribution in [1.82, 2.24) is 20.6 Å². The number of hydrogen-bond donors (Lipinski definition) is 3. The van der Waals surface area contributed by atoms with Crippen molar-refractivity contribution < 1.29 is 9.47 Å². The van der Waals surface area contributed by atoms with E-state index >= 15 is 0 Å². The molecule has 150 valence electrons. The third-order valence-electron chi connectivity index (χ3n) is 4.45. The Morgan fingerprint density at radius 1 is 1.33 bits per heavy atom. The summed E-state index contributed by atoms with van der Waals surface area (Å²) in [6.45, 7) is 4.92. The number of imidazole rings is 1. The van der Waals surface area contributed by atoms with Gasteiger partial charge in [-0.15, -0.1) is 24.0 Å². The van der Waals surface area contributed by atoms with Crippen molar-refractivity contribution in [2.45, 2.75) is 19.3 Å². The summed E-state index contributed by atoms with van der Waals surface area (Å²) in [6.07, 6.45) is 2.90. The highest BCUT2D eigenvalue weighted by atomic mass is 127. The van der Waals surface area contributed by atoms with E-state index in [2.05, 4.69) is 25.6 Å². The zero-order chi connectivity index (χ0) is 18.0. The smallest absolute Gasteiger partial charge is 0.190 e. The van der Waals surface area contributed by atoms with Crippen LogP contribution in [0.4, 0.5) is 0 Å². The molecule has 2 heterocycles. The van der Waals surface area contributed by atoms with Crippen LogP contribution >= 0.6 is 24.0 Å². The van der Waals surface area contributed by atoms with E-state index in [1.807, 2.05) is 24.3 Å². The number of halogens is 1. The summed E-state index contributed by atoms with van der Waals surface area (Å²) < 4.78 is 11.1. The highest BCUT2D eigenvalue weighted by Crippen LogP contribution is 2.12. The molecule has 1 aromatic carbocycles. The van der Waals surface area contributed by atoms with Crippen LogP contribution in [0.2, 0.25) is 0 Å². The SMILES string of the molecule is CN=C(NCCCOCC1CCOC1)NCCc1nc2ccccc2[nH]1.I. The van der Waals surface area contributed by atoms with Crippen molar-refractivity contribution in [1.29, 1.82) is 0 Å². The Morgan fingerprint density at radius 2 is 2.19 bits per heavy atom. The summed E-state index contributed by atoms with van der Waals surface area (Å²) in [4.78, 5) is 12.2. The summed E-state index contributed by atoms with van der Waals surface area (Å²) in [5.74, 6) is 2.37. The Bertz CT molecular complexity index is 667. The summed E-state index contributed by atoms with van der Waals surface area (Å²) in [6, 6.07) is 8.08. The van der Waals surface area contributed by atoms with Crippen molar-refractivity contribution in [2.24, 2.45) is 10.9 Å². The van der Waals surface area contributed by atoms with Crippen molar-refractivity contribution in [3.05, 3.63) is 30.1 Å². The molecule has 1 fully saturated rings. The molecule has 7 nitrogen and oxygen atoms in total. The summed E-state index contributed by atoms with van der Waals surface area (Å²) in [7, 11) is 1.78. The lowest BCUT2D eigenvalue weighted by molar-refractivity contribution is 0.0888. The molecule has 2 aromatic rings. The molecular formula is C19H30IN5O2. The molecule has 0 saturated carbocycles. The number of aromatic amines is 1. The van der Waals surface area contributed by atoms with Crippen molar-refractivity contribution in [2.75, 3.05) is 46.6 Å². The van der Waals surface area contributed by atoms with Crippen LogP contribution in [0, 0.1) is 5.92 Å². The number of nitrogens with zero attached hydrogens (tertiary/aromatic N) is 2. The number of nitrogens with one attached hydrogen (secondary N) is 3. The molecule has 1 aromatic heterocycles. The topological polar surface area (TPSA) is 83.6 Å². The van der Waals surface area contributed by atoms with Crippen LogP contribution < -0.4 is 10.6 Å². The Hall–Kier alpha value is -1.39. The minimum Gasteiger partial charge on any atom is -0.381 e. The third kappa shape index (κ3) is 7.27. The van der Waals surface area contributed by atoms with Gasteiger partial charge < -0.3 is 25.1 Å². The molecule has 1 aliphatic rings. The molecule has 0 spiro atoms. The van der Waals surface area contributed by atoms with Crippen LogP contribution in [-0.2, 0) is 15.9 Å². The van der Waals surface area contributed by atoms with Crippen LogP contribution in [0.5, 0.6) is 0 Å². The zero-order valence-electron chi connectivity index (χ0n) is 15.9. The Balaban J connectivity index is 0.00000261. The van der Waals surface area contributed by atoms with Gasteiger partial charge in [0.25, 0.3) is 0 Å². The number of ether oxygens (including phenoxy) is 2. The zero-order valence-corrected chi connectivity index (χ0v) is 18.2. The number of guanidine groups is 1. The van der Waals surface area contributed by atoms with Gasteiger partial charge in [-0.25, -0.2) is 4.98 Å². The fourth-order valence-corrected chi connectivity index (χ4v) is 2.99. The fourth-order valence-electron chi connectivity index (χ4n) is 2.99. The third-order valence-corrected chi connectivity index (χ3v) is 4.45. The minimum atomic E-state index is 0. The molecule has 1 aliphatic heterocycles. The number of para-hydroxylation sites is 2. The molecule has 1 saturated heterocycles. The largest absolute Gasteiger partial charge is 0.381 e. The van der Waals surface area contributed by atoms with Gasteiger partial charge in [-0.1, -0.05) is 12.1 Å². The Kier molecular flexibility index (Phi) is 9.85. The van der Waals surface area contributed by atoms with Gasteiger partial charge in [-0.3, -0.25) is 4.99 Å². The maximum absolute atomic E-state index is 5.71. The van der Waals surface area contributed by atoms with Crippen LogP contribution in [-0.4, -0.2) is 62.5 Å². The van der Waals surface area contributed by atoms with Crippen molar-refractivity contribution >= 4 is 41.0 Å². The van der Waals surface area contributed by atoms with Gasteiger partial charge in [0, 0.05) is 45.7 Å². The average molecular weight is 487 g/mol. The van der Waals surface area contributed by atoms with Gasteiger partial charge in [0.1, 0.15) is 5.82 Å². The molecule has 8 heteroatoms. The normalized spacial score (nSPS) is 17.1. The first-order valence-corrected chi connectivity index (χ1v) is 9.39. The summed E-state index contributed by atoms with van der Waals surface area (Å²) >= 11 is 0. The second kappa shape index (κ2) is 12.1. The summed E-state index contributed by atoms with van der Waals surface area (Å²) in [5, 5.41) is 6.63. The Morgan fingerprint density at radius 3 is 2.96 bits per heavy atom. The number of hydrogen-bond acceptors (Lipinski definition) is 4. The van der Waals surface area contributed by atoms with E-state index < -0.39 is 0 Å². The van der Waals surface area contributed by atoms with Gasteiger partial charge in [0.15, 0.2) is 5.96 Å². The standard InChI is InChI=1S/C19H29N5O2.HI/c1-20-19(21-9-4-11-25-13-15-8-12-26-14-15)22-10-7-18-23-16-5-2-3-6-17(16)24-18;/h2-3,5-6,15H,4,7-14H2,1H3,(H,23,24)(H2,20,21,22);1H. The number of fused-ring (bicyclic) bond motifs is 1. The molecule has 0 radical (unpaired) electrons. The molecule has 0 amide bonds. The molecule has 0 aliphatic carbocycles. The number of aliphatic imine (C=N–C) groups is 1. The van der Waals surface area contributed by atoms with Gasteiger partial charge in [0.2, 0.25) is 0 Å². The van der Waals surface area contributed by atoms with Gasteiger partial charge >= 0.3 is 0 Å². The average Bonchev–Trinajstić information content (AvgIpc) is 3.32.